The molecule has 0 saturated carbocycles. The van der Waals surface area contributed by atoms with Crippen molar-refractivity contribution in [3.8, 4) is 5.75 Å². The van der Waals surface area contributed by atoms with E-state index in [9.17, 15) is 14.4 Å². The summed E-state index contributed by atoms with van der Waals surface area (Å²) in [6.45, 7) is 11.4. The number of unbranched alkanes of at least 4 members (excludes halogenated alkanes) is 9. The third kappa shape index (κ3) is 15.5. The van der Waals surface area contributed by atoms with Gasteiger partial charge in [0.05, 0.1) is 6.61 Å². The second kappa shape index (κ2) is 18.5. The first-order valence-corrected chi connectivity index (χ1v) is 14.2. The van der Waals surface area contributed by atoms with Crippen LogP contribution in [0.1, 0.15) is 116 Å². The Hall–Kier alpha value is -2.71. The lowest BCUT2D eigenvalue weighted by molar-refractivity contribution is -0.148. The lowest BCUT2D eigenvalue weighted by Crippen LogP contribution is -2.47. The van der Waals surface area contributed by atoms with Crippen molar-refractivity contribution < 1.29 is 33.3 Å². The molecule has 1 rings (SSSR count). The number of esters is 2. The summed E-state index contributed by atoms with van der Waals surface area (Å²) in [4.78, 5) is 39.5. The van der Waals surface area contributed by atoms with Crippen molar-refractivity contribution in [3.05, 3.63) is 18.0 Å². The van der Waals surface area contributed by atoms with Gasteiger partial charge in [0.25, 0.3) is 0 Å². The first-order valence-electron chi connectivity index (χ1n) is 14.2. The Morgan fingerprint density at radius 2 is 1.45 bits per heavy atom. The van der Waals surface area contributed by atoms with Crippen molar-refractivity contribution in [3.63, 3.8) is 0 Å². The van der Waals surface area contributed by atoms with Crippen LogP contribution in [-0.2, 0) is 19.0 Å². The first-order chi connectivity index (χ1) is 18.0. The maximum atomic E-state index is 12.4. The largest absolute Gasteiger partial charge is 0.492 e. The zero-order valence-corrected chi connectivity index (χ0v) is 24.4. The molecule has 0 aromatic carbocycles. The van der Waals surface area contributed by atoms with E-state index >= 15 is 0 Å². The van der Waals surface area contributed by atoms with Gasteiger partial charge in [0.2, 0.25) is 0 Å². The monoisotopic (exact) mass is 538 g/mol. The van der Waals surface area contributed by atoms with E-state index < -0.39 is 29.7 Å². The maximum Gasteiger partial charge on any atom is 0.408 e. The fourth-order valence-electron chi connectivity index (χ4n) is 3.73. The van der Waals surface area contributed by atoms with Gasteiger partial charge in [-0.25, -0.2) is 14.4 Å². The quantitative estimate of drug-likeness (QED) is 0.116. The van der Waals surface area contributed by atoms with E-state index in [0.717, 1.165) is 12.8 Å². The molecule has 0 bridgehead atoms. The highest BCUT2D eigenvalue weighted by molar-refractivity contribution is 5.88. The number of aromatic nitrogens is 1. The third-order valence-corrected chi connectivity index (χ3v) is 5.80. The molecule has 0 spiro atoms. The van der Waals surface area contributed by atoms with E-state index in [2.05, 4.69) is 17.2 Å². The Morgan fingerprint density at radius 3 is 2.03 bits per heavy atom. The minimum Gasteiger partial charge on any atom is -0.492 e. The van der Waals surface area contributed by atoms with Crippen molar-refractivity contribution in [1.29, 1.82) is 0 Å². The Labute approximate surface area is 228 Å². The van der Waals surface area contributed by atoms with E-state index in [1.165, 1.54) is 51.4 Å². The molecule has 0 radical (unpaired) electrons. The van der Waals surface area contributed by atoms with Gasteiger partial charge >= 0.3 is 18.0 Å². The number of amides is 1. The Balaban J connectivity index is 2.22. The molecule has 38 heavy (non-hydrogen) atoms. The summed E-state index contributed by atoms with van der Waals surface area (Å²) in [5, 5.41) is 2.53. The summed E-state index contributed by atoms with van der Waals surface area (Å²) >= 11 is 0. The highest BCUT2D eigenvalue weighted by Crippen LogP contribution is 2.15. The average Bonchev–Trinajstić information content (AvgIpc) is 3.31. The summed E-state index contributed by atoms with van der Waals surface area (Å²) in [5.74, 6) is -0.811. The second-order valence-corrected chi connectivity index (χ2v) is 11.0. The summed E-state index contributed by atoms with van der Waals surface area (Å²) in [6, 6.07) is 0.726. The zero-order valence-electron chi connectivity index (χ0n) is 24.4. The van der Waals surface area contributed by atoms with Crippen LogP contribution in [0.25, 0.3) is 0 Å². The fraction of sp³-hybridized carbons (Fsp3) is 0.759. The molecule has 0 saturated heterocycles. The molecule has 0 fully saturated rings. The van der Waals surface area contributed by atoms with Gasteiger partial charge in [-0.1, -0.05) is 78.6 Å². The number of aromatic amines is 1. The number of carbonyl (C=O) groups is 3. The molecule has 1 aromatic heterocycles. The molecule has 1 amide bonds. The van der Waals surface area contributed by atoms with Gasteiger partial charge in [0.1, 0.15) is 36.3 Å². The van der Waals surface area contributed by atoms with E-state index in [1.807, 2.05) is 0 Å². The number of nitrogens with one attached hydrogen (secondary N) is 2. The summed E-state index contributed by atoms with van der Waals surface area (Å²) in [5.41, 5.74) is -0.416. The van der Waals surface area contributed by atoms with Crippen LogP contribution >= 0.6 is 0 Å². The Bertz CT molecular complexity index is 814. The average molecular weight is 539 g/mol. The molecule has 0 aliphatic heterocycles. The lowest BCUT2D eigenvalue weighted by atomic mass is 10.1. The van der Waals surface area contributed by atoms with Gasteiger partial charge in [-0.15, -0.1) is 0 Å². The van der Waals surface area contributed by atoms with E-state index in [0.29, 0.717) is 12.4 Å². The first kappa shape index (κ1) is 33.3. The number of hydrogen-bond donors (Lipinski definition) is 2. The minimum atomic E-state index is -0.876. The summed E-state index contributed by atoms with van der Waals surface area (Å²) < 4.78 is 21.3. The van der Waals surface area contributed by atoms with E-state index in [-0.39, 0.29) is 24.8 Å². The minimum absolute atomic E-state index is 0.115. The van der Waals surface area contributed by atoms with Crippen molar-refractivity contribution in [2.24, 2.45) is 5.92 Å². The van der Waals surface area contributed by atoms with E-state index in [4.69, 9.17) is 18.9 Å². The van der Waals surface area contributed by atoms with Crippen molar-refractivity contribution >= 4 is 18.0 Å². The molecule has 9 nitrogen and oxygen atoms in total. The van der Waals surface area contributed by atoms with Gasteiger partial charge in [-0.2, -0.15) is 0 Å². The van der Waals surface area contributed by atoms with Gasteiger partial charge in [-0.05, 0) is 33.1 Å². The predicted octanol–water partition coefficient (Wildman–Crippen LogP) is 6.56. The van der Waals surface area contributed by atoms with Crippen LogP contribution in [-0.4, -0.2) is 54.5 Å². The summed E-state index contributed by atoms with van der Waals surface area (Å²) in [6.07, 6.45) is 13.5. The Morgan fingerprint density at radius 1 is 0.868 bits per heavy atom. The highest BCUT2D eigenvalue weighted by Gasteiger charge is 2.28. The number of alkyl carbamates (subject to hydrolysis) is 1. The standard InChI is InChI=1S/C29H50N2O7/c1-7-8-9-10-11-12-13-14-15-16-17-35-23-20-24(30-21-23)26(32)36-18-19-37-27(33)25(22(2)3)31-28(34)38-29(4,5)6/h20-22,25,30H,7-19H2,1-6H3,(H,31,34). The summed E-state index contributed by atoms with van der Waals surface area (Å²) in [7, 11) is 0. The third-order valence-electron chi connectivity index (χ3n) is 5.80. The molecule has 2 N–H and O–H groups in total. The predicted molar refractivity (Wildman–Crippen MR) is 147 cm³/mol. The molecule has 1 atom stereocenters. The molecule has 0 aliphatic carbocycles. The molecular formula is C29H50N2O7. The smallest absolute Gasteiger partial charge is 0.408 e. The fourth-order valence-corrected chi connectivity index (χ4v) is 3.73. The van der Waals surface area contributed by atoms with Gasteiger partial charge in [0.15, 0.2) is 0 Å². The van der Waals surface area contributed by atoms with E-state index in [1.54, 1.807) is 46.9 Å². The van der Waals surface area contributed by atoms with Gasteiger partial charge < -0.3 is 29.2 Å². The maximum absolute atomic E-state index is 12.4. The van der Waals surface area contributed by atoms with Crippen LogP contribution in [0.4, 0.5) is 4.79 Å². The SMILES string of the molecule is CCCCCCCCCCCCOc1c[nH]c(C(=O)OCCOC(=O)C(NC(=O)OC(C)(C)C)C(C)C)c1. The van der Waals surface area contributed by atoms with Crippen LogP contribution in [0.15, 0.2) is 12.3 Å². The van der Waals surface area contributed by atoms with Crippen LogP contribution in [0.3, 0.4) is 0 Å². The number of ether oxygens (including phenoxy) is 4. The van der Waals surface area contributed by atoms with Crippen molar-refractivity contribution in [2.45, 2.75) is 117 Å². The van der Waals surface area contributed by atoms with Gasteiger partial charge in [0, 0.05) is 12.3 Å². The van der Waals surface area contributed by atoms with Crippen molar-refractivity contribution in [1.82, 2.24) is 10.3 Å². The highest BCUT2D eigenvalue weighted by atomic mass is 16.6. The molecule has 9 heteroatoms. The molecule has 1 unspecified atom stereocenters. The molecule has 0 aliphatic rings. The topological polar surface area (TPSA) is 116 Å². The normalized spacial score (nSPS) is 12.2. The van der Waals surface area contributed by atoms with Crippen LogP contribution in [0.5, 0.6) is 5.75 Å². The number of hydrogen-bond acceptors (Lipinski definition) is 7. The molecule has 218 valence electrons. The molecule has 1 heterocycles. The van der Waals surface area contributed by atoms with Crippen LogP contribution in [0.2, 0.25) is 0 Å². The van der Waals surface area contributed by atoms with Crippen LogP contribution in [0, 0.1) is 5.92 Å². The van der Waals surface area contributed by atoms with Crippen LogP contribution < -0.4 is 10.1 Å². The Kier molecular flexibility index (Phi) is 16.2. The number of rotatable bonds is 19. The second-order valence-electron chi connectivity index (χ2n) is 11.0. The number of H-pyrrole nitrogens is 1. The molecule has 1 aromatic rings. The lowest BCUT2D eigenvalue weighted by Gasteiger charge is -2.24. The molecular weight excluding hydrogens is 488 g/mol. The zero-order chi connectivity index (χ0) is 28.4. The van der Waals surface area contributed by atoms with Crippen molar-refractivity contribution in [2.75, 3.05) is 19.8 Å². The van der Waals surface area contributed by atoms with Gasteiger partial charge in [-0.3, -0.25) is 0 Å². The number of carbonyl (C=O) groups excluding carboxylic acids is 3.